The van der Waals surface area contributed by atoms with E-state index in [9.17, 15) is 4.79 Å². The van der Waals surface area contributed by atoms with Crippen LogP contribution in [0.1, 0.15) is 19.2 Å². The van der Waals surface area contributed by atoms with Crippen molar-refractivity contribution in [1.82, 2.24) is 25.2 Å². The third kappa shape index (κ3) is 2.51. The Balaban J connectivity index is 1.56. The molecule has 1 saturated heterocycles. The summed E-state index contributed by atoms with van der Waals surface area (Å²) in [6.07, 6.45) is 3.54. The Labute approximate surface area is 117 Å². The number of pyridine rings is 1. The maximum atomic E-state index is 12.1. The van der Waals surface area contributed by atoms with E-state index in [0.29, 0.717) is 13.0 Å². The van der Waals surface area contributed by atoms with Crippen LogP contribution < -0.4 is 10.6 Å². The first-order valence-electron chi connectivity index (χ1n) is 7.05. The molecule has 3 rings (SSSR count). The van der Waals surface area contributed by atoms with Gasteiger partial charge in [-0.05, 0) is 32.0 Å². The molecule has 3 heterocycles. The predicted octanol–water partition coefficient (Wildman–Crippen LogP) is 0.386. The number of nitrogens with one attached hydrogen (secondary N) is 2. The van der Waals surface area contributed by atoms with Crippen LogP contribution in [0.2, 0.25) is 0 Å². The van der Waals surface area contributed by atoms with Crippen LogP contribution in [-0.2, 0) is 11.2 Å². The van der Waals surface area contributed by atoms with Gasteiger partial charge < -0.3 is 10.6 Å². The molecule has 2 aromatic rings. The summed E-state index contributed by atoms with van der Waals surface area (Å²) < 4.78 is 1.95. The molecule has 0 aromatic carbocycles. The van der Waals surface area contributed by atoms with Gasteiger partial charge >= 0.3 is 0 Å². The minimum atomic E-state index is 0.0881. The van der Waals surface area contributed by atoms with Crippen molar-refractivity contribution in [2.45, 2.75) is 25.8 Å². The lowest BCUT2D eigenvalue weighted by Crippen LogP contribution is -2.37. The van der Waals surface area contributed by atoms with E-state index < -0.39 is 0 Å². The van der Waals surface area contributed by atoms with Crippen molar-refractivity contribution in [1.29, 1.82) is 0 Å². The number of nitrogens with zero attached hydrogens (tertiary/aromatic N) is 3. The highest BCUT2D eigenvalue weighted by molar-refractivity contribution is 5.79. The average Bonchev–Trinajstić information content (AvgIpc) is 3.05. The van der Waals surface area contributed by atoms with Gasteiger partial charge in [0.2, 0.25) is 5.91 Å². The fourth-order valence-corrected chi connectivity index (χ4v) is 2.71. The Hall–Kier alpha value is -1.95. The zero-order chi connectivity index (χ0) is 13.9. The van der Waals surface area contributed by atoms with Crippen LogP contribution in [0.4, 0.5) is 0 Å². The molecule has 1 amide bonds. The van der Waals surface area contributed by atoms with Crippen LogP contribution in [0.3, 0.4) is 0 Å². The van der Waals surface area contributed by atoms with Gasteiger partial charge in [-0.2, -0.15) is 0 Å². The number of amides is 1. The lowest BCUT2D eigenvalue weighted by Gasteiger charge is -2.14. The molecule has 2 unspecified atom stereocenters. The van der Waals surface area contributed by atoms with Crippen LogP contribution >= 0.6 is 0 Å². The van der Waals surface area contributed by atoms with Gasteiger partial charge in [-0.15, -0.1) is 10.2 Å². The second-order valence-corrected chi connectivity index (χ2v) is 5.22. The van der Waals surface area contributed by atoms with E-state index in [1.54, 1.807) is 0 Å². The second kappa shape index (κ2) is 5.58. The molecule has 0 radical (unpaired) electrons. The lowest BCUT2D eigenvalue weighted by molar-refractivity contribution is -0.125. The summed E-state index contributed by atoms with van der Waals surface area (Å²) >= 11 is 0. The maximum absolute atomic E-state index is 12.1. The summed E-state index contributed by atoms with van der Waals surface area (Å²) in [7, 11) is 0. The predicted molar refractivity (Wildman–Crippen MR) is 75.3 cm³/mol. The van der Waals surface area contributed by atoms with Gasteiger partial charge in [0, 0.05) is 25.2 Å². The third-order valence-electron chi connectivity index (χ3n) is 3.89. The zero-order valence-electron chi connectivity index (χ0n) is 11.5. The average molecular weight is 273 g/mol. The summed E-state index contributed by atoms with van der Waals surface area (Å²) in [5, 5.41) is 14.5. The SMILES string of the molecule is CC1NCCC1C(=O)NCCc1nnc2ccccn12. The van der Waals surface area contributed by atoms with Crippen molar-refractivity contribution in [2.24, 2.45) is 5.92 Å². The molecule has 0 saturated carbocycles. The lowest BCUT2D eigenvalue weighted by atomic mass is 10.0. The quantitative estimate of drug-likeness (QED) is 0.845. The molecule has 2 N–H and O–H groups in total. The standard InChI is InChI=1S/C14H19N5O/c1-10-11(5-7-15-10)14(20)16-8-6-13-18-17-12-4-2-3-9-19(12)13/h2-4,9-11,15H,5-8H2,1H3,(H,16,20). The van der Waals surface area contributed by atoms with Gasteiger partial charge in [0.25, 0.3) is 0 Å². The molecule has 2 atom stereocenters. The normalized spacial score (nSPS) is 22.2. The first-order chi connectivity index (χ1) is 9.75. The number of carbonyl (C=O) groups is 1. The van der Waals surface area contributed by atoms with Crippen molar-refractivity contribution in [3.8, 4) is 0 Å². The summed E-state index contributed by atoms with van der Waals surface area (Å²) in [4.78, 5) is 12.1. The molecule has 6 nitrogen and oxygen atoms in total. The van der Waals surface area contributed by atoms with Gasteiger partial charge in [0.1, 0.15) is 5.82 Å². The number of hydrogen-bond donors (Lipinski definition) is 2. The number of fused-ring (bicyclic) bond motifs is 1. The van der Waals surface area contributed by atoms with Crippen LogP contribution in [0.5, 0.6) is 0 Å². The number of aromatic nitrogens is 3. The molecule has 106 valence electrons. The van der Waals surface area contributed by atoms with E-state index in [2.05, 4.69) is 27.8 Å². The molecule has 1 aliphatic rings. The number of carbonyl (C=O) groups excluding carboxylic acids is 1. The first kappa shape index (κ1) is 13.1. The molecule has 0 bridgehead atoms. The van der Waals surface area contributed by atoms with Gasteiger partial charge in [-0.1, -0.05) is 6.07 Å². The highest BCUT2D eigenvalue weighted by Gasteiger charge is 2.28. The van der Waals surface area contributed by atoms with Crippen LogP contribution in [0, 0.1) is 5.92 Å². The van der Waals surface area contributed by atoms with Gasteiger partial charge in [-0.25, -0.2) is 0 Å². The van der Waals surface area contributed by atoms with Crippen molar-refractivity contribution < 1.29 is 4.79 Å². The van der Waals surface area contributed by atoms with Crippen molar-refractivity contribution in [3.05, 3.63) is 30.2 Å². The third-order valence-corrected chi connectivity index (χ3v) is 3.89. The van der Waals surface area contributed by atoms with Gasteiger partial charge in [-0.3, -0.25) is 9.20 Å². The molecule has 6 heteroatoms. The van der Waals surface area contributed by atoms with E-state index in [-0.39, 0.29) is 17.9 Å². The Morgan fingerprint density at radius 2 is 2.40 bits per heavy atom. The van der Waals surface area contributed by atoms with E-state index in [1.807, 2.05) is 28.8 Å². The first-order valence-corrected chi connectivity index (χ1v) is 7.05. The smallest absolute Gasteiger partial charge is 0.224 e. The van der Waals surface area contributed by atoms with Gasteiger partial charge in [0.05, 0.1) is 5.92 Å². The summed E-state index contributed by atoms with van der Waals surface area (Å²) in [5.41, 5.74) is 0.836. The number of hydrogen-bond acceptors (Lipinski definition) is 4. The summed E-state index contributed by atoms with van der Waals surface area (Å²) in [6, 6.07) is 6.07. The van der Waals surface area contributed by atoms with Crippen molar-refractivity contribution in [2.75, 3.05) is 13.1 Å². The minimum absolute atomic E-state index is 0.0881. The number of rotatable bonds is 4. The van der Waals surface area contributed by atoms with Gasteiger partial charge in [0.15, 0.2) is 5.65 Å². The minimum Gasteiger partial charge on any atom is -0.355 e. The highest BCUT2D eigenvalue weighted by atomic mass is 16.1. The molecule has 0 spiro atoms. The molecule has 2 aromatic heterocycles. The van der Waals surface area contributed by atoms with Crippen LogP contribution in [0.15, 0.2) is 24.4 Å². The highest BCUT2D eigenvalue weighted by Crippen LogP contribution is 2.14. The van der Waals surface area contributed by atoms with Crippen molar-refractivity contribution in [3.63, 3.8) is 0 Å². The molecular formula is C14H19N5O. The largest absolute Gasteiger partial charge is 0.355 e. The summed E-state index contributed by atoms with van der Waals surface area (Å²) in [6.45, 7) is 3.58. The van der Waals surface area contributed by atoms with Crippen LogP contribution in [-0.4, -0.2) is 39.6 Å². The van der Waals surface area contributed by atoms with Crippen molar-refractivity contribution >= 4 is 11.6 Å². The molecular weight excluding hydrogens is 254 g/mol. The topological polar surface area (TPSA) is 71.3 Å². The maximum Gasteiger partial charge on any atom is 0.224 e. The Morgan fingerprint density at radius 3 is 3.20 bits per heavy atom. The van der Waals surface area contributed by atoms with E-state index >= 15 is 0 Å². The second-order valence-electron chi connectivity index (χ2n) is 5.22. The fourth-order valence-electron chi connectivity index (χ4n) is 2.71. The van der Waals surface area contributed by atoms with E-state index in [1.165, 1.54) is 0 Å². The summed E-state index contributed by atoms with van der Waals surface area (Å²) in [5.74, 6) is 1.10. The molecule has 1 fully saturated rings. The molecule has 20 heavy (non-hydrogen) atoms. The van der Waals surface area contributed by atoms with E-state index in [0.717, 1.165) is 24.4 Å². The monoisotopic (exact) mass is 273 g/mol. The zero-order valence-corrected chi connectivity index (χ0v) is 11.5. The fraction of sp³-hybridized carbons (Fsp3) is 0.500. The van der Waals surface area contributed by atoms with E-state index in [4.69, 9.17) is 0 Å². The molecule has 0 aliphatic carbocycles. The van der Waals surface area contributed by atoms with Crippen LogP contribution in [0.25, 0.3) is 5.65 Å². The Bertz CT molecular complexity index is 608. The Morgan fingerprint density at radius 1 is 1.50 bits per heavy atom. The Kier molecular flexibility index (Phi) is 3.64. The molecule has 1 aliphatic heterocycles.